The second-order valence-electron chi connectivity index (χ2n) is 5.61. The second-order valence-corrected chi connectivity index (χ2v) is 5.61. The fraction of sp³-hybridized carbons (Fsp3) is 0.533. The Morgan fingerprint density at radius 1 is 1.52 bits per heavy atom. The van der Waals surface area contributed by atoms with Crippen molar-refractivity contribution in [3.05, 3.63) is 33.4 Å². The number of aryl methyl sites for hydroxylation is 1. The van der Waals surface area contributed by atoms with Crippen LogP contribution in [-0.2, 0) is 0 Å². The molecule has 23 heavy (non-hydrogen) atoms. The predicted octanol–water partition coefficient (Wildman–Crippen LogP) is 0.870. The van der Waals surface area contributed by atoms with Crippen LogP contribution >= 0.6 is 0 Å². The molecule has 1 aliphatic rings. The molecule has 0 aromatic heterocycles. The van der Waals surface area contributed by atoms with E-state index in [1.807, 2.05) is 0 Å². The molecule has 0 unspecified atom stereocenters. The molecule has 2 rings (SSSR count). The number of piperidine rings is 1. The highest BCUT2D eigenvalue weighted by Crippen LogP contribution is 2.30. The first kappa shape index (κ1) is 17.2. The van der Waals surface area contributed by atoms with Crippen LogP contribution in [0, 0.1) is 17.0 Å². The smallest absolute Gasteiger partial charge is 0.282 e. The Hall–Kier alpha value is -2.19. The summed E-state index contributed by atoms with van der Waals surface area (Å²) in [6, 6.07) is 2.10. The van der Waals surface area contributed by atoms with Crippen molar-refractivity contribution in [3.63, 3.8) is 0 Å². The van der Waals surface area contributed by atoms with E-state index in [4.69, 9.17) is 4.74 Å². The number of ether oxygens (including phenoxy) is 1. The molecule has 0 radical (unpaired) electrons. The van der Waals surface area contributed by atoms with Crippen molar-refractivity contribution in [2.24, 2.45) is 0 Å². The minimum Gasteiger partial charge on any atom is -0.496 e. The van der Waals surface area contributed by atoms with Crippen molar-refractivity contribution in [2.75, 3.05) is 20.3 Å². The highest BCUT2D eigenvalue weighted by molar-refractivity contribution is 5.99. The van der Waals surface area contributed by atoms with Gasteiger partial charge in [0.15, 0.2) is 0 Å². The zero-order valence-corrected chi connectivity index (χ0v) is 13.1. The average Bonchev–Trinajstić information content (AvgIpc) is 2.53. The molecule has 1 aromatic carbocycles. The first-order valence-corrected chi connectivity index (χ1v) is 7.32. The van der Waals surface area contributed by atoms with Gasteiger partial charge in [0, 0.05) is 18.7 Å². The lowest BCUT2D eigenvalue weighted by Gasteiger charge is -2.36. The summed E-state index contributed by atoms with van der Waals surface area (Å²) < 4.78 is 5.15. The van der Waals surface area contributed by atoms with Gasteiger partial charge >= 0.3 is 0 Å². The van der Waals surface area contributed by atoms with Crippen molar-refractivity contribution in [3.8, 4) is 5.75 Å². The van der Waals surface area contributed by atoms with Crippen LogP contribution in [0.2, 0.25) is 0 Å². The van der Waals surface area contributed by atoms with Crippen LogP contribution in [0.3, 0.4) is 0 Å². The van der Waals surface area contributed by atoms with Gasteiger partial charge in [-0.15, -0.1) is 0 Å². The number of nitro benzene ring substituents is 1. The number of nitro groups is 1. The van der Waals surface area contributed by atoms with Crippen LogP contribution in [0.15, 0.2) is 12.1 Å². The third kappa shape index (κ3) is 3.43. The summed E-state index contributed by atoms with van der Waals surface area (Å²) >= 11 is 0. The number of nitrogens with zero attached hydrogens (tertiary/aromatic N) is 2. The summed E-state index contributed by atoms with van der Waals surface area (Å²) in [6.45, 7) is 1.59. The summed E-state index contributed by atoms with van der Waals surface area (Å²) in [5.74, 6) is -0.155. The Balaban J connectivity index is 2.43. The number of hydrogen-bond acceptors (Lipinski definition) is 6. The highest BCUT2D eigenvalue weighted by Gasteiger charge is 2.34. The number of likely N-dealkylation sites (tertiary alicyclic amines) is 1. The quantitative estimate of drug-likeness (QED) is 0.627. The Bertz CT molecular complexity index is 618. The average molecular weight is 324 g/mol. The molecule has 0 bridgehead atoms. The molecule has 1 aromatic rings. The van der Waals surface area contributed by atoms with Gasteiger partial charge in [-0.25, -0.2) is 0 Å². The van der Waals surface area contributed by atoms with E-state index in [-0.39, 0.29) is 30.8 Å². The van der Waals surface area contributed by atoms with E-state index in [2.05, 4.69) is 0 Å². The summed E-state index contributed by atoms with van der Waals surface area (Å²) in [5.41, 5.74) is 0.187. The van der Waals surface area contributed by atoms with Crippen LogP contribution in [0.25, 0.3) is 0 Å². The fourth-order valence-electron chi connectivity index (χ4n) is 2.84. The van der Waals surface area contributed by atoms with Gasteiger partial charge in [-0.2, -0.15) is 0 Å². The molecule has 0 aliphatic carbocycles. The summed E-state index contributed by atoms with van der Waals surface area (Å²) in [5, 5.41) is 30.4. The summed E-state index contributed by atoms with van der Waals surface area (Å²) in [6.07, 6.45) is 0.0386. The lowest BCUT2D eigenvalue weighted by atomic mass is 9.98. The van der Waals surface area contributed by atoms with E-state index in [1.54, 1.807) is 6.92 Å². The van der Waals surface area contributed by atoms with E-state index in [9.17, 15) is 25.1 Å². The number of carbonyl (C=O) groups is 1. The van der Waals surface area contributed by atoms with Crippen LogP contribution < -0.4 is 4.74 Å². The van der Waals surface area contributed by atoms with E-state index < -0.39 is 23.0 Å². The first-order valence-electron chi connectivity index (χ1n) is 7.32. The van der Waals surface area contributed by atoms with Crippen LogP contribution in [0.4, 0.5) is 5.69 Å². The third-order valence-electron chi connectivity index (χ3n) is 4.10. The van der Waals surface area contributed by atoms with Crippen molar-refractivity contribution in [1.29, 1.82) is 0 Å². The van der Waals surface area contributed by atoms with Crippen molar-refractivity contribution in [1.82, 2.24) is 4.90 Å². The van der Waals surface area contributed by atoms with E-state index in [0.29, 0.717) is 17.7 Å². The standard InChI is InChI=1S/C15H20N2O6/c1-9-5-13(17(21)22)12(7-14(9)23-2)15(20)16-4-3-11(19)6-10(16)8-18/h5,7,10-11,18-19H,3-4,6,8H2,1-2H3/t10-,11-/m0/s1. The van der Waals surface area contributed by atoms with Crippen LogP contribution in [0.5, 0.6) is 5.75 Å². The van der Waals surface area contributed by atoms with E-state index in [0.717, 1.165) is 0 Å². The maximum atomic E-state index is 12.8. The molecule has 8 nitrogen and oxygen atoms in total. The zero-order chi connectivity index (χ0) is 17.1. The molecule has 1 fully saturated rings. The number of aliphatic hydroxyl groups is 2. The Morgan fingerprint density at radius 3 is 2.78 bits per heavy atom. The second kappa shape index (κ2) is 6.93. The lowest BCUT2D eigenvalue weighted by Crippen LogP contribution is -2.49. The van der Waals surface area contributed by atoms with Crippen LogP contribution in [0.1, 0.15) is 28.8 Å². The normalized spacial score (nSPS) is 21.1. The van der Waals surface area contributed by atoms with Gasteiger partial charge in [0.05, 0.1) is 30.8 Å². The maximum Gasteiger partial charge on any atom is 0.282 e. The minimum atomic E-state index is -0.605. The van der Waals surface area contributed by atoms with Crippen LogP contribution in [-0.4, -0.2) is 58.4 Å². The Morgan fingerprint density at radius 2 is 2.22 bits per heavy atom. The maximum absolute atomic E-state index is 12.8. The van der Waals surface area contributed by atoms with Gasteiger partial charge < -0.3 is 19.8 Å². The minimum absolute atomic E-state index is 0.0766. The molecule has 1 amide bonds. The number of amides is 1. The van der Waals surface area contributed by atoms with E-state index in [1.165, 1.54) is 24.1 Å². The number of methoxy groups -OCH3 is 1. The first-order chi connectivity index (χ1) is 10.9. The molecule has 2 atom stereocenters. The largest absolute Gasteiger partial charge is 0.496 e. The monoisotopic (exact) mass is 324 g/mol. The number of hydrogen-bond donors (Lipinski definition) is 2. The highest BCUT2D eigenvalue weighted by atomic mass is 16.6. The van der Waals surface area contributed by atoms with Gasteiger partial charge in [0.25, 0.3) is 11.6 Å². The molecule has 8 heteroatoms. The fourth-order valence-corrected chi connectivity index (χ4v) is 2.84. The number of aliphatic hydroxyl groups excluding tert-OH is 2. The Kier molecular flexibility index (Phi) is 5.17. The molecular weight excluding hydrogens is 304 g/mol. The molecule has 0 spiro atoms. The van der Waals surface area contributed by atoms with Gasteiger partial charge in [0.2, 0.25) is 0 Å². The molecular formula is C15H20N2O6. The molecule has 1 aliphatic heterocycles. The number of carbonyl (C=O) groups excluding carboxylic acids is 1. The topological polar surface area (TPSA) is 113 Å². The zero-order valence-electron chi connectivity index (χ0n) is 13.1. The van der Waals surface area contributed by atoms with Gasteiger partial charge in [-0.3, -0.25) is 14.9 Å². The lowest BCUT2D eigenvalue weighted by molar-refractivity contribution is -0.385. The van der Waals surface area contributed by atoms with Gasteiger partial charge in [-0.1, -0.05) is 0 Å². The van der Waals surface area contributed by atoms with Crippen molar-refractivity contribution >= 4 is 11.6 Å². The molecule has 126 valence electrons. The summed E-state index contributed by atoms with van der Waals surface area (Å²) in [4.78, 5) is 24.8. The number of rotatable bonds is 4. The summed E-state index contributed by atoms with van der Waals surface area (Å²) in [7, 11) is 1.43. The van der Waals surface area contributed by atoms with Gasteiger partial charge in [0.1, 0.15) is 11.3 Å². The number of benzene rings is 1. The van der Waals surface area contributed by atoms with Crippen molar-refractivity contribution in [2.45, 2.75) is 31.9 Å². The van der Waals surface area contributed by atoms with Gasteiger partial charge in [-0.05, 0) is 25.3 Å². The predicted molar refractivity (Wildman–Crippen MR) is 81.5 cm³/mol. The van der Waals surface area contributed by atoms with Crippen molar-refractivity contribution < 1.29 is 24.7 Å². The molecule has 0 saturated carbocycles. The van der Waals surface area contributed by atoms with E-state index >= 15 is 0 Å². The SMILES string of the molecule is COc1cc(C(=O)N2CC[C@H](O)C[C@H]2CO)c([N+](=O)[O-])cc1C. The molecule has 1 saturated heterocycles. The third-order valence-corrected chi connectivity index (χ3v) is 4.10. The molecule has 2 N–H and O–H groups in total. The Labute approximate surface area is 133 Å². The molecule has 1 heterocycles.